The smallest absolute Gasteiger partial charge is 0.246 e. The SMILES string of the molecule is CCN(C1CCCC1)S(=O)(=O)c1ccc(CO)cc1OC. The van der Waals surface area contributed by atoms with Crippen molar-refractivity contribution in [1.29, 1.82) is 0 Å². The van der Waals surface area contributed by atoms with E-state index in [4.69, 9.17) is 9.84 Å². The Bertz CT molecular complexity index is 579. The summed E-state index contributed by atoms with van der Waals surface area (Å²) in [5.41, 5.74) is 0.634. The van der Waals surface area contributed by atoms with Gasteiger partial charge in [-0.05, 0) is 30.5 Å². The van der Waals surface area contributed by atoms with Crippen LogP contribution in [0.3, 0.4) is 0 Å². The van der Waals surface area contributed by atoms with E-state index in [1.807, 2.05) is 6.92 Å². The minimum absolute atomic E-state index is 0.0854. The summed E-state index contributed by atoms with van der Waals surface area (Å²) in [6.45, 7) is 2.18. The highest BCUT2D eigenvalue weighted by atomic mass is 32.2. The normalized spacial score (nSPS) is 16.6. The zero-order valence-corrected chi connectivity index (χ0v) is 13.4. The first-order valence-corrected chi connectivity index (χ1v) is 8.78. The van der Waals surface area contributed by atoms with Crippen LogP contribution in [-0.4, -0.2) is 37.5 Å². The van der Waals surface area contributed by atoms with Crippen molar-refractivity contribution in [3.63, 3.8) is 0 Å². The van der Waals surface area contributed by atoms with E-state index in [9.17, 15) is 8.42 Å². The molecule has 0 saturated heterocycles. The first-order chi connectivity index (χ1) is 10.0. The Morgan fingerprint density at radius 1 is 1.33 bits per heavy atom. The summed E-state index contributed by atoms with van der Waals surface area (Å²) in [6.07, 6.45) is 4.00. The Hall–Kier alpha value is -1.11. The number of hydrogen-bond acceptors (Lipinski definition) is 4. The molecule has 0 heterocycles. The average Bonchev–Trinajstić information content (AvgIpc) is 3.00. The summed E-state index contributed by atoms with van der Waals surface area (Å²) in [5, 5.41) is 9.16. The summed E-state index contributed by atoms with van der Waals surface area (Å²) >= 11 is 0. The first kappa shape index (κ1) is 16.3. The number of ether oxygens (including phenoxy) is 1. The molecule has 1 saturated carbocycles. The van der Waals surface area contributed by atoms with Crippen LogP contribution in [0.4, 0.5) is 0 Å². The molecule has 1 aromatic rings. The van der Waals surface area contributed by atoms with Gasteiger partial charge in [-0.15, -0.1) is 0 Å². The van der Waals surface area contributed by atoms with E-state index in [2.05, 4.69) is 0 Å². The molecular weight excluding hydrogens is 290 g/mol. The lowest BCUT2D eigenvalue weighted by Crippen LogP contribution is -2.38. The zero-order valence-electron chi connectivity index (χ0n) is 12.6. The third-order valence-electron chi connectivity index (χ3n) is 4.04. The molecule has 0 bridgehead atoms. The molecule has 1 fully saturated rings. The van der Waals surface area contributed by atoms with Crippen LogP contribution in [0, 0.1) is 0 Å². The highest BCUT2D eigenvalue weighted by molar-refractivity contribution is 7.89. The van der Waals surface area contributed by atoms with Crippen LogP contribution >= 0.6 is 0 Å². The Kier molecular flexibility index (Phi) is 5.24. The van der Waals surface area contributed by atoms with Crippen molar-refractivity contribution in [3.8, 4) is 5.75 Å². The van der Waals surface area contributed by atoms with E-state index in [0.717, 1.165) is 25.7 Å². The molecule has 6 heteroatoms. The summed E-state index contributed by atoms with van der Waals surface area (Å²) in [4.78, 5) is 0.177. The van der Waals surface area contributed by atoms with Gasteiger partial charge in [-0.25, -0.2) is 8.42 Å². The van der Waals surface area contributed by atoms with Crippen LogP contribution < -0.4 is 4.74 Å². The molecule has 0 aliphatic heterocycles. The van der Waals surface area contributed by atoms with Crippen molar-refractivity contribution in [2.75, 3.05) is 13.7 Å². The van der Waals surface area contributed by atoms with Gasteiger partial charge >= 0.3 is 0 Å². The molecule has 1 aromatic carbocycles. The summed E-state index contributed by atoms with van der Waals surface area (Å²) < 4.78 is 32.6. The molecule has 0 atom stereocenters. The fraction of sp³-hybridized carbons (Fsp3) is 0.600. The van der Waals surface area contributed by atoms with Gasteiger partial charge in [-0.3, -0.25) is 0 Å². The number of nitrogens with zero attached hydrogens (tertiary/aromatic N) is 1. The number of sulfonamides is 1. The largest absolute Gasteiger partial charge is 0.495 e. The Morgan fingerprint density at radius 3 is 2.52 bits per heavy atom. The number of rotatable bonds is 6. The molecule has 5 nitrogen and oxygen atoms in total. The number of hydrogen-bond donors (Lipinski definition) is 1. The van der Waals surface area contributed by atoms with Crippen LogP contribution in [0.15, 0.2) is 23.1 Å². The lowest BCUT2D eigenvalue weighted by atomic mass is 10.2. The van der Waals surface area contributed by atoms with Gasteiger partial charge in [0.05, 0.1) is 13.7 Å². The number of aliphatic hydroxyl groups is 1. The number of methoxy groups -OCH3 is 1. The fourth-order valence-corrected chi connectivity index (χ4v) is 4.80. The predicted molar refractivity (Wildman–Crippen MR) is 80.7 cm³/mol. The molecule has 118 valence electrons. The summed E-state index contributed by atoms with van der Waals surface area (Å²) in [5.74, 6) is 0.290. The van der Waals surface area contributed by atoms with Crippen molar-refractivity contribution in [1.82, 2.24) is 4.31 Å². The van der Waals surface area contributed by atoms with Crippen LogP contribution in [0.1, 0.15) is 38.2 Å². The van der Waals surface area contributed by atoms with Gasteiger partial charge in [0.2, 0.25) is 10.0 Å². The molecule has 2 rings (SSSR count). The van der Waals surface area contributed by atoms with E-state index in [-0.39, 0.29) is 23.3 Å². The topological polar surface area (TPSA) is 66.8 Å². The molecule has 1 aliphatic carbocycles. The molecular formula is C15H23NO4S. The molecule has 0 amide bonds. The fourth-order valence-electron chi connectivity index (χ4n) is 2.97. The third-order valence-corrected chi connectivity index (χ3v) is 6.11. The monoisotopic (exact) mass is 313 g/mol. The molecule has 0 unspecified atom stereocenters. The van der Waals surface area contributed by atoms with Crippen LogP contribution in [-0.2, 0) is 16.6 Å². The number of benzene rings is 1. The maximum Gasteiger partial charge on any atom is 0.246 e. The van der Waals surface area contributed by atoms with Gasteiger partial charge in [0.15, 0.2) is 0 Å². The van der Waals surface area contributed by atoms with Crippen LogP contribution in [0.2, 0.25) is 0 Å². The summed E-state index contributed by atoms with van der Waals surface area (Å²) in [6, 6.07) is 4.81. The quantitative estimate of drug-likeness (QED) is 0.874. The second-order valence-electron chi connectivity index (χ2n) is 5.29. The molecule has 1 aliphatic rings. The van der Waals surface area contributed by atoms with Gasteiger partial charge in [-0.2, -0.15) is 4.31 Å². The Balaban J connectivity index is 2.42. The van der Waals surface area contributed by atoms with E-state index < -0.39 is 10.0 Å². The highest BCUT2D eigenvalue weighted by Gasteiger charge is 2.33. The second-order valence-corrected chi connectivity index (χ2v) is 7.15. The molecule has 0 aromatic heterocycles. The van der Waals surface area contributed by atoms with Crippen molar-refractivity contribution < 1.29 is 18.3 Å². The van der Waals surface area contributed by atoms with Gasteiger partial charge in [0.25, 0.3) is 0 Å². The predicted octanol–water partition coefficient (Wildman–Crippen LogP) is 2.14. The van der Waals surface area contributed by atoms with Gasteiger partial charge < -0.3 is 9.84 Å². The van der Waals surface area contributed by atoms with Crippen LogP contribution in [0.25, 0.3) is 0 Å². The van der Waals surface area contributed by atoms with Crippen molar-refractivity contribution >= 4 is 10.0 Å². The lowest BCUT2D eigenvalue weighted by Gasteiger charge is -2.27. The minimum atomic E-state index is -3.58. The lowest BCUT2D eigenvalue weighted by molar-refractivity contribution is 0.280. The molecule has 21 heavy (non-hydrogen) atoms. The summed E-state index contributed by atoms with van der Waals surface area (Å²) in [7, 11) is -2.13. The average molecular weight is 313 g/mol. The van der Waals surface area contributed by atoms with E-state index in [1.54, 1.807) is 16.4 Å². The van der Waals surface area contributed by atoms with Gasteiger partial charge in [0, 0.05) is 12.6 Å². The Labute approximate surface area is 126 Å². The zero-order chi connectivity index (χ0) is 15.5. The Morgan fingerprint density at radius 2 is 2.00 bits per heavy atom. The van der Waals surface area contributed by atoms with Crippen molar-refractivity contribution in [3.05, 3.63) is 23.8 Å². The second kappa shape index (κ2) is 6.77. The van der Waals surface area contributed by atoms with Gasteiger partial charge in [-0.1, -0.05) is 25.8 Å². The molecule has 1 N–H and O–H groups in total. The molecule has 0 spiro atoms. The van der Waals surface area contributed by atoms with E-state index in [0.29, 0.717) is 12.1 Å². The van der Waals surface area contributed by atoms with Gasteiger partial charge in [0.1, 0.15) is 10.6 Å². The van der Waals surface area contributed by atoms with E-state index >= 15 is 0 Å². The standard InChI is InChI=1S/C15H23NO4S/c1-3-16(13-6-4-5-7-13)21(18,19)15-9-8-12(11-17)10-14(15)20-2/h8-10,13,17H,3-7,11H2,1-2H3. The maximum atomic E-state index is 12.9. The van der Waals surface area contributed by atoms with E-state index in [1.165, 1.54) is 13.2 Å². The van der Waals surface area contributed by atoms with Crippen molar-refractivity contribution in [2.24, 2.45) is 0 Å². The van der Waals surface area contributed by atoms with Crippen molar-refractivity contribution in [2.45, 2.75) is 50.2 Å². The third kappa shape index (κ3) is 3.22. The van der Waals surface area contributed by atoms with Crippen LogP contribution in [0.5, 0.6) is 5.75 Å². The number of aliphatic hydroxyl groups excluding tert-OH is 1. The molecule has 0 radical (unpaired) electrons. The maximum absolute atomic E-state index is 12.9. The minimum Gasteiger partial charge on any atom is -0.495 e. The highest BCUT2D eigenvalue weighted by Crippen LogP contribution is 2.32. The first-order valence-electron chi connectivity index (χ1n) is 7.34.